The topological polar surface area (TPSA) is 167 Å². The number of aliphatic hydroxyl groups is 1. The molecular weight excluding hydrogens is 646 g/mol. The maximum Gasteiger partial charge on any atom is 0.407 e. The highest BCUT2D eigenvalue weighted by molar-refractivity contribution is 5.92. The predicted molar refractivity (Wildman–Crippen MR) is 181 cm³/mol. The van der Waals surface area contributed by atoms with Gasteiger partial charge in [-0.05, 0) is 44.7 Å². The van der Waals surface area contributed by atoms with Crippen LogP contribution < -0.4 is 5.32 Å². The third-order valence-electron chi connectivity index (χ3n) is 13.2. The molecule has 12 nitrogen and oxygen atoms in total. The summed E-state index contributed by atoms with van der Waals surface area (Å²) >= 11 is 0. The number of alkyl carbamates (subject to hydrolysis) is 1. The standard InChI is InChI=1S/C38H53NO11/c1-19-16-27-37(18-47-27,49-24(6)40)30-32(48-33(42)25-14-12-11-13-15-25)38(44)17-26(29(50-45)20(2)23(5)39-34(43)46-10)21(3)28(35(38,7)8)22(4)31(41)36(19,30)9/h11-15,19-20,22-23,26-27,29-30,32,44-45H,16-18H2,1-10H3,(H,39,43)/t19-,20?,22+,23?,26?,27?,29+,30?,32?,36+,37?,38?/m0/s1. The lowest BCUT2D eigenvalue weighted by molar-refractivity contribution is -0.342. The third kappa shape index (κ3) is 5.57. The van der Waals surface area contributed by atoms with Crippen LogP contribution in [0.2, 0.25) is 0 Å². The van der Waals surface area contributed by atoms with Gasteiger partial charge in [-0.25, -0.2) is 14.5 Å². The number of ether oxygens (including phenoxy) is 4. The molecule has 1 aromatic rings. The molecule has 1 aliphatic heterocycles. The molecule has 0 spiro atoms. The molecule has 2 bridgehead atoms. The van der Waals surface area contributed by atoms with E-state index in [0.29, 0.717) is 12.0 Å². The van der Waals surface area contributed by atoms with Crippen LogP contribution in [0, 0.1) is 40.4 Å². The maximum atomic E-state index is 15.3. The Balaban J connectivity index is 1.78. The quantitative estimate of drug-likeness (QED) is 0.108. The molecule has 276 valence electrons. The predicted octanol–water partition coefficient (Wildman–Crippen LogP) is 5.13. The fourth-order valence-electron chi connectivity index (χ4n) is 10.1. The Labute approximate surface area is 294 Å². The van der Waals surface area contributed by atoms with Crippen LogP contribution in [0.5, 0.6) is 0 Å². The van der Waals surface area contributed by atoms with E-state index in [9.17, 15) is 24.7 Å². The zero-order valence-corrected chi connectivity index (χ0v) is 30.8. The molecule has 1 aromatic carbocycles. The van der Waals surface area contributed by atoms with E-state index < -0.39 is 88.1 Å². The summed E-state index contributed by atoms with van der Waals surface area (Å²) < 4.78 is 23.6. The zero-order valence-electron chi connectivity index (χ0n) is 30.8. The number of carbonyl (C=O) groups is 4. The number of carbonyl (C=O) groups excluding carboxylic acids is 4. The Bertz CT molecular complexity index is 1540. The molecule has 12 atom stereocenters. The molecule has 8 unspecified atom stereocenters. The highest BCUT2D eigenvalue weighted by atomic mass is 17.1. The molecule has 0 radical (unpaired) electrons. The van der Waals surface area contributed by atoms with Crippen molar-refractivity contribution in [3.8, 4) is 0 Å². The van der Waals surface area contributed by atoms with Gasteiger partial charge in [-0.2, -0.15) is 0 Å². The number of esters is 2. The van der Waals surface area contributed by atoms with Crippen molar-refractivity contribution < 1.29 is 53.4 Å². The van der Waals surface area contributed by atoms with E-state index >= 15 is 4.79 Å². The molecule has 12 heteroatoms. The molecule has 5 rings (SSSR count). The molecule has 50 heavy (non-hydrogen) atoms. The number of Topliss-reactive ketones (excluding diaryl/α,β-unsaturated/α-hetero) is 1. The van der Waals surface area contributed by atoms with E-state index in [1.54, 1.807) is 44.2 Å². The number of amides is 1. The summed E-state index contributed by atoms with van der Waals surface area (Å²) in [5.74, 6) is -4.71. The number of nitrogens with one attached hydrogen (secondary N) is 1. The average molecular weight is 700 g/mol. The monoisotopic (exact) mass is 699 g/mol. The summed E-state index contributed by atoms with van der Waals surface area (Å²) in [7, 11) is 1.25. The van der Waals surface area contributed by atoms with Gasteiger partial charge in [0.2, 0.25) is 0 Å². The Kier molecular flexibility index (Phi) is 10.1. The lowest BCUT2D eigenvalue weighted by atomic mass is 9.42. The summed E-state index contributed by atoms with van der Waals surface area (Å²) in [6, 6.07) is 7.86. The van der Waals surface area contributed by atoms with Crippen LogP contribution in [0.25, 0.3) is 0 Å². The summed E-state index contributed by atoms with van der Waals surface area (Å²) in [5.41, 5.74) is -4.03. The van der Waals surface area contributed by atoms with Gasteiger partial charge in [0.1, 0.15) is 29.7 Å². The Morgan fingerprint density at radius 2 is 1.72 bits per heavy atom. The lowest BCUT2D eigenvalue weighted by Crippen LogP contribution is -2.80. The number of hydrogen-bond acceptors (Lipinski definition) is 11. The van der Waals surface area contributed by atoms with Crippen molar-refractivity contribution in [2.24, 2.45) is 40.4 Å². The van der Waals surface area contributed by atoms with Crippen molar-refractivity contribution in [2.75, 3.05) is 13.7 Å². The number of rotatable bonds is 8. The minimum absolute atomic E-state index is 0.0386. The van der Waals surface area contributed by atoms with Crippen molar-refractivity contribution in [3.05, 3.63) is 47.0 Å². The Hall–Kier alpha value is -3.32. The smallest absolute Gasteiger partial charge is 0.407 e. The first-order valence-electron chi connectivity index (χ1n) is 17.5. The molecule has 1 heterocycles. The third-order valence-corrected chi connectivity index (χ3v) is 13.2. The van der Waals surface area contributed by atoms with Gasteiger partial charge in [-0.1, -0.05) is 70.9 Å². The van der Waals surface area contributed by atoms with Crippen LogP contribution in [0.15, 0.2) is 41.5 Å². The summed E-state index contributed by atoms with van der Waals surface area (Å²) in [6.45, 7) is 16.0. The average Bonchev–Trinajstić information content (AvgIpc) is 3.06. The Morgan fingerprint density at radius 3 is 2.26 bits per heavy atom. The molecule has 3 N–H and O–H groups in total. The highest BCUT2D eigenvalue weighted by Gasteiger charge is 2.77. The first-order valence-corrected chi connectivity index (χ1v) is 17.5. The van der Waals surface area contributed by atoms with Gasteiger partial charge in [-0.15, -0.1) is 0 Å². The van der Waals surface area contributed by atoms with E-state index in [0.717, 1.165) is 5.57 Å². The van der Waals surface area contributed by atoms with Crippen LogP contribution in [0.3, 0.4) is 0 Å². The lowest BCUT2D eigenvalue weighted by Gasteiger charge is -2.68. The number of methoxy groups -OCH3 is 1. The summed E-state index contributed by atoms with van der Waals surface area (Å²) in [4.78, 5) is 59.6. The largest absolute Gasteiger partial charge is 0.455 e. The van der Waals surface area contributed by atoms with Crippen molar-refractivity contribution in [1.29, 1.82) is 0 Å². The van der Waals surface area contributed by atoms with Crippen LogP contribution in [0.1, 0.15) is 85.5 Å². The molecule has 3 fully saturated rings. The zero-order chi connectivity index (χ0) is 37.1. The van der Waals surface area contributed by atoms with Gasteiger partial charge < -0.3 is 29.4 Å². The van der Waals surface area contributed by atoms with Crippen LogP contribution in [-0.2, 0) is 33.4 Å². The van der Waals surface area contributed by atoms with Crippen LogP contribution in [-0.4, -0.2) is 83.5 Å². The van der Waals surface area contributed by atoms with Crippen LogP contribution in [0.4, 0.5) is 4.79 Å². The van der Waals surface area contributed by atoms with Gasteiger partial charge in [0.15, 0.2) is 5.60 Å². The molecule has 0 aromatic heterocycles. The number of benzene rings is 1. The van der Waals surface area contributed by atoms with Gasteiger partial charge in [-0.3, -0.25) is 14.8 Å². The molecule has 4 aliphatic rings. The first-order chi connectivity index (χ1) is 23.3. The second-order valence-electron chi connectivity index (χ2n) is 15.8. The molecule has 1 amide bonds. The Morgan fingerprint density at radius 1 is 1.08 bits per heavy atom. The minimum Gasteiger partial charge on any atom is -0.455 e. The second-order valence-corrected chi connectivity index (χ2v) is 15.8. The van der Waals surface area contributed by atoms with E-state index in [1.807, 2.05) is 41.5 Å². The summed E-state index contributed by atoms with van der Waals surface area (Å²) in [5, 5.41) is 26.9. The number of fused-ring (bicyclic) bond motifs is 5. The molecular formula is C38H53NO11. The molecule has 3 aliphatic carbocycles. The van der Waals surface area contributed by atoms with E-state index in [4.69, 9.17) is 23.8 Å². The van der Waals surface area contributed by atoms with E-state index in [1.165, 1.54) is 14.0 Å². The van der Waals surface area contributed by atoms with Crippen molar-refractivity contribution in [1.82, 2.24) is 5.32 Å². The van der Waals surface area contributed by atoms with Crippen molar-refractivity contribution in [2.45, 2.75) is 111 Å². The molecule has 2 saturated carbocycles. The molecule has 1 saturated heterocycles. The van der Waals surface area contributed by atoms with Crippen molar-refractivity contribution >= 4 is 23.8 Å². The normalized spacial score (nSPS) is 37.7. The fourth-order valence-corrected chi connectivity index (χ4v) is 10.1. The van der Waals surface area contributed by atoms with Gasteiger partial charge in [0, 0.05) is 41.5 Å². The number of ketones is 1. The fraction of sp³-hybridized carbons (Fsp3) is 0.684. The van der Waals surface area contributed by atoms with E-state index in [-0.39, 0.29) is 30.3 Å². The summed E-state index contributed by atoms with van der Waals surface area (Å²) in [6.07, 6.45) is -3.27. The number of hydrogen-bond donors (Lipinski definition) is 3. The first kappa shape index (κ1) is 37.9. The highest BCUT2D eigenvalue weighted by Crippen LogP contribution is 2.66. The van der Waals surface area contributed by atoms with Gasteiger partial charge in [0.05, 0.1) is 25.2 Å². The SMILES string of the molecule is COC(=O)NC(C)C(C)[C@@H](OO)C1CC2(O)C(OC(=O)c3ccccc3)C3C4(OC(C)=O)COC4C[C@H](C)[C@@]3(C)C(=O)[C@H](C)C(=C1C)C2(C)C. The van der Waals surface area contributed by atoms with Gasteiger partial charge in [0.25, 0.3) is 0 Å². The second kappa shape index (κ2) is 13.3. The van der Waals surface area contributed by atoms with Crippen LogP contribution >= 0.6 is 0 Å². The van der Waals surface area contributed by atoms with Gasteiger partial charge >= 0.3 is 18.0 Å². The van der Waals surface area contributed by atoms with E-state index in [2.05, 4.69) is 5.32 Å². The van der Waals surface area contributed by atoms with Crippen molar-refractivity contribution in [3.63, 3.8) is 0 Å². The minimum atomic E-state index is -1.91. The maximum absolute atomic E-state index is 15.3.